The van der Waals surface area contributed by atoms with Crippen LogP contribution in [0.25, 0.3) is 0 Å². The van der Waals surface area contributed by atoms with E-state index in [1.54, 1.807) is 6.07 Å². The van der Waals surface area contributed by atoms with Crippen molar-refractivity contribution in [3.63, 3.8) is 0 Å². The maximum atomic E-state index is 6.03. The molecule has 0 radical (unpaired) electrons. The Hall–Kier alpha value is -0.730. The van der Waals surface area contributed by atoms with Crippen molar-refractivity contribution < 1.29 is 0 Å². The minimum absolute atomic E-state index is 0.0682. The number of nitrogens with two attached hydrogens (primary N) is 2. The molecule has 3 heteroatoms. The molecule has 0 bridgehead atoms. The first-order valence-corrected chi connectivity index (χ1v) is 4.87. The third-order valence-corrected chi connectivity index (χ3v) is 2.91. The van der Waals surface area contributed by atoms with Crippen LogP contribution in [0.2, 0.25) is 5.02 Å². The summed E-state index contributed by atoms with van der Waals surface area (Å²) in [6, 6.07) is 5.72. The molecule has 1 aliphatic rings. The number of anilines is 1. The van der Waals surface area contributed by atoms with Crippen LogP contribution in [0.5, 0.6) is 0 Å². The predicted molar refractivity (Wildman–Crippen MR) is 55.5 cm³/mol. The van der Waals surface area contributed by atoms with Crippen LogP contribution in [0.4, 0.5) is 5.69 Å². The van der Waals surface area contributed by atoms with Crippen LogP contribution >= 0.6 is 11.6 Å². The number of benzene rings is 1. The second-order valence-electron chi connectivity index (χ2n) is 3.61. The Morgan fingerprint density at radius 2 is 2.08 bits per heavy atom. The lowest BCUT2D eigenvalue weighted by Crippen LogP contribution is -2.14. The molecule has 1 saturated carbocycles. The molecular weight excluding hydrogens is 184 g/mol. The van der Waals surface area contributed by atoms with E-state index in [4.69, 9.17) is 23.1 Å². The number of para-hydroxylation sites is 1. The van der Waals surface area contributed by atoms with Crippen molar-refractivity contribution in [1.29, 1.82) is 0 Å². The Morgan fingerprint density at radius 3 is 2.69 bits per heavy atom. The van der Waals surface area contributed by atoms with Gasteiger partial charge in [0.2, 0.25) is 0 Å². The average molecular weight is 197 g/mol. The average Bonchev–Trinajstić information content (AvgIpc) is 2.91. The van der Waals surface area contributed by atoms with Crippen molar-refractivity contribution in [2.45, 2.75) is 18.9 Å². The fourth-order valence-electron chi connectivity index (χ4n) is 1.55. The quantitative estimate of drug-likeness (QED) is 0.714. The topological polar surface area (TPSA) is 52.0 Å². The highest BCUT2D eigenvalue weighted by atomic mass is 35.5. The first kappa shape index (κ1) is 8.85. The van der Waals surface area contributed by atoms with Crippen LogP contribution in [-0.2, 0) is 0 Å². The molecule has 2 nitrogen and oxygen atoms in total. The van der Waals surface area contributed by atoms with Gasteiger partial charge in [-0.2, -0.15) is 0 Å². The Kier molecular flexibility index (Phi) is 2.18. The van der Waals surface area contributed by atoms with Gasteiger partial charge in [-0.05, 0) is 30.4 Å². The van der Waals surface area contributed by atoms with Crippen LogP contribution in [0.1, 0.15) is 24.4 Å². The summed E-state index contributed by atoms with van der Waals surface area (Å²) in [7, 11) is 0. The fourth-order valence-corrected chi connectivity index (χ4v) is 1.74. The minimum atomic E-state index is 0.0682. The summed E-state index contributed by atoms with van der Waals surface area (Å²) in [4.78, 5) is 0. The highest BCUT2D eigenvalue weighted by Crippen LogP contribution is 2.41. The molecule has 1 fully saturated rings. The number of rotatable bonds is 2. The van der Waals surface area contributed by atoms with E-state index in [1.807, 2.05) is 12.1 Å². The maximum absolute atomic E-state index is 6.03. The lowest BCUT2D eigenvalue weighted by molar-refractivity contribution is 0.635. The molecule has 2 rings (SSSR count). The van der Waals surface area contributed by atoms with Crippen LogP contribution in [0.15, 0.2) is 18.2 Å². The lowest BCUT2D eigenvalue weighted by Gasteiger charge is -2.13. The summed E-state index contributed by atoms with van der Waals surface area (Å²) in [6.07, 6.45) is 2.43. The third kappa shape index (κ3) is 1.64. The molecule has 0 saturated heterocycles. The van der Waals surface area contributed by atoms with E-state index in [0.29, 0.717) is 16.6 Å². The van der Waals surface area contributed by atoms with E-state index >= 15 is 0 Å². The van der Waals surface area contributed by atoms with E-state index < -0.39 is 0 Å². The van der Waals surface area contributed by atoms with Crippen molar-refractivity contribution in [3.8, 4) is 0 Å². The molecule has 13 heavy (non-hydrogen) atoms. The highest BCUT2D eigenvalue weighted by molar-refractivity contribution is 6.33. The van der Waals surface area contributed by atoms with Gasteiger partial charge in [0.15, 0.2) is 0 Å². The zero-order valence-corrected chi connectivity index (χ0v) is 8.09. The number of hydrogen-bond acceptors (Lipinski definition) is 2. The Bertz CT molecular complexity index is 321. The first-order valence-electron chi connectivity index (χ1n) is 4.49. The van der Waals surface area contributed by atoms with Gasteiger partial charge in [-0.3, -0.25) is 0 Å². The van der Waals surface area contributed by atoms with Gasteiger partial charge in [-0.15, -0.1) is 0 Å². The van der Waals surface area contributed by atoms with Crippen LogP contribution in [0.3, 0.4) is 0 Å². The van der Waals surface area contributed by atoms with Crippen LogP contribution in [0, 0.1) is 5.92 Å². The molecule has 4 N–H and O–H groups in total. The zero-order chi connectivity index (χ0) is 9.42. The normalized spacial score (nSPS) is 18.6. The largest absolute Gasteiger partial charge is 0.397 e. The van der Waals surface area contributed by atoms with Crippen molar-refractivity contribution >= 4 is 17.3 Å². The van der Waals surface area contributed by atoms with Gasteiger partial charge < -0.3 is 11.5 Å². The van der Waals surface area contributed by atoms with Gasteiger partial charge in [0.1, 0.15) is 0 Å². The van der Waals surface area contributed by atoms with Crippen molar-refractivity contribution in [2.24, 2.45) is 11.7 Å². The van der Waals surface area contributed by atoms with Crippen LogP contribution < -0.4 is 11.5 Å². The molecule has 0 aliphatic heterocycles. The minimum Gasteiger partial charge on any atom is -0.397 e. The van der Waals surface area contributed by atoms with Gasteiger partial charge in [0.05, 0.1) is 10.7 Å². The van der Waals surface area contributed by atoms with E-state index in [1.165, 1.54) is 12.8 Å². The molecule has 1 unspecified atom stereocenters. The SMILES string of the molecule is Nc1c(Cl)cccc1C(N)C1CC1. The van der Waals surface area contributed by atoms with Gasteiger partial charge >= 0.3 is 0 Å². The number of halogens is 1. The molecular formula is C10H13ClN2. The summed E-state index contributed by atoms with van der Waals surface area (Å²) < 4.78 is 0. The summed E-state index contributed by atoms with van der Waals surface area (Å²) in [6.45, 7) is 0. The molecule has 0 heterocycles. The van der Waals surface area contributed by atoms with Crippen LogP contribution in [-0.4, -0.2) is 0 Å². The molecule has 1 aliphatic carbocycles. The molecule has 1 aromatic carbocycles. The maximum Gasteiger partial charge on any atom is 0.0638 e. The third-order valence-electron chi connectivity index (χ3n) is 2.58. The van der Waals surface area contributed by atoms with Gasteiger partial charge in [0, 0.05) is 6.04 Å². The van der Waals surface area contributed by atoms with E-state index in [2.05, 4.69) is 0 Å². The smallest absolute Gasteiger partial charge is 0.0638 e. The predicted octanol–water partition coefficient (Wildman–Crippen LogP) is 2.33. The summed E-state index contributed by atoms with van der Waals surface area (Å²) in [5.74, 6) is 0.612. The zero-order valence-electron chi connectivity index (χ0n) is 7.33. The van der Waals surface area contributed by atoms with Gasteiger partial charge in [0.25, 0.3) is 0 Å². The number of nitrogen functional groups attached to an aromatic ring is 1. The Labute approximate surface area is 82.9 Å². The summed E-state index contributed by atoms with van der Waals surface area (Å²) in [5.41, 5.74) is 13.5. The number of hydrogen-bond donors (Lipinski definition) is 2. The molecule has 0 spiro atoms. The highest BCUT2D eigenvalue weighted by Gasteiger charge is 2.30. The van der Waals surface area contributed by atoms with Crippen molar-refractivity contribution in [3.05, 3.63) is 28.8 Å². The fraction of sp³-hybridized carbons (Fsp3) is 0.400. The molecule has 1 atom stereocenters. The van der Waals surface area contributed by atoms with Gasteiger partial charge in [-0.25, -0.2) is 0 Å². The molecule has 0 aromatic heterocycles. The Morgan fingerprint density at radius 1 is 1.38 bits per heavy atom. The van der Waals surface area contributed by atoms with E-state index in [0.717, 1.165) is 5.56 Å². The lowest BCUT2D eigenvalue weighted by atomic mass is 10.0. The standard InChI is InChI=1S/C10H13ClN2/c11-8-3-1-2-7(10(8)13)9(12)6-4-5-6/h1-3,6,9H,4-5,12-13H2. The monoisotopic (exact) mass is 196 g/mol. The van der Waals surface area contributed by atoms with Crippen molar-refractivity contribution in [2.75, 3.05) is 5.73 Å². The molecule has 1 aromatic rings. The van der Waals surface area contributed by atoms with Gasteiger partial charge in [-0.1, -0.05) is 23.7 Å². The molecule has 0 amide bonds. The van der Waals surface area contributed by atoms with E-state index in [-0.39, 0.29) is 6.04 Å². The molecule has 70 valence electrons. The van der Waals surface area contributed by atoms with Crippen molar-refractivity contribution in [1.82, 2.24) is 0 Å². The second-order valence-corrected chi connectivity index (χ2v) is 4.01. The first-order chi connectivity index (χ1) is 6.20. The summed E-state index contributed by atoms with van der Waals surface area (Å²) >= 11 is 5.90. The summed E-state index contributed by atoms with van der Waals surface area (Å²) in [5, 5.41) is 0.605. The van der Waals surface area contributed by atoms with E-state index in [9.17, 15) is 0 Å². The second kappa shape index (κ2) is 3.20. The Balaban J connectivity index is 2.32.